The summed E-state index contributed by atoms with van der Waals surface area (Å²) in [6.07, 6.45) is 2.04. The normalized spacial score (nSPS) is 11.0. The first-order valence-corrected chi connectivity index (χ1v) is 6.53. The average molecular weight is 259 g/mol. The Morgan fingerprint density at radius 2 is 2.11 bits per heavy atom. The minimum atomic E-state index is 0.320. The van der Waals surface area contributed by atoms with Crippen LogP contribution in [0.5, 0.6) is 5.75 Å². The molecule has 0 spiro atoms. The van der Waals surface area contributed by atoms with Crippen molar-refractivity contribution in [3.8, 4) is 5.75 Å². The minimum Gasteiger partial charge on any atom is -0.508 e. The van der Waals surface area contributed by atoms with Crippen LogP contribution in [0.4, 0.5) is 5.69 Å². The summed E-state index contributed by atoms with van der Waals surface area (Å²) in [6.45, 7) is 6.88. The van der Waals surface area contributed by atoms with Crippen molar-refractivity contribution in [2.75, 3.05) is 5.32 Å². The Balaban J connectivity index is 2.12. The molecule has 102 valence electrons. The second-order valence-electron chi connectivity index (χ2n) is 5.22. The average Bonchev–Trinajstić information content (AvgIpc) is 2.72. The summed E-state index contributed by atoms with van der Waals surface area (Å²) in [6, 6.07) is 5.63. The molecule has 1 aromatic heterocycles. The van der Waals surface area contributed by atoms with Crippen LogP contribution in [0.3, 0.4) is 0 Å². The third kappa shape index (κ3) is 3.08. The molecule has 0 saturated heterocycles. The van der Waals surface area contributed by atoms with Gasteiger partial charge in [0.1, 0.15) is 5.75 Å². The quantitative estimate of drug-likeness (QED) is 0.886. The van der Waals surface area contributed by atoms with Crippen LogP contribution >= 0.6 is 0 Å². The number of hydrogen-bond donors (Lipinski definition) is 2. The van der Waals surface area contributed by atoms with Crippen LogP contribution in [0.2, 0.25) is 0 Å². The van der Waals surface area contributed by atoms with Gasteiger partial charge in [-0.3, -0.25) is 4.68 Å². The Kier molecular flexibility index (Phi) is 3.79. The maximum Gasteiger partial charge on any atom is 0.120 e. The molecule has 0 radical (unpaired) electrons. The number of hydrogen-bond acceptors (Lipinski definition) is 3. The fourth-order valence-corrected chi connectivity index (χ4v) is 2.09. The molecular formula is C15H21N3O. The molecule has 0 aliphatic carbocycles. The maximum absolute atomic E-state index is 9.69. The zero-order chi connectivity index (χ0) is 14.0. The van der Waals surface area contributed by atoms with Crippen molar-refractivity contribution in [2.45, 2.75) is 33.2 Å². The third-order valence-corrected chi connectivity index (χ3v) is 3.18. The van der Waals surface area contributed by atoms with E-state index in [9.17, 15) is 5.11 Å². The van der Waals surface area contributed by atoms with E-state index in [0.717, 1.165) is 16.9 Å². The van der Waals surface area contributed by atoms with Crippen molar-refractivity contribution in [1.82, 2.24) is 9.78 Å². The zero-order valence-corrected chi connectivity index (χ0v) is 11.9. The van der Waals surface area contributed by atoms with Gasteiger partial charge in [-0.05, 0) is 24.5 Å². The van der Waals surface area contributed by atoms with Crippen molar-refractivity contribution in [1.29, 1.82) is 0 Å². The Morgan fingerprint density at radius 1 is 1.37 bits per heavy atom. The van der Waals surface area contributed by atoms with Gasteiger partial charge in [0.15, 0.2) is 0 Å². The summed E-state index contributed by atoms with van der Waals surface area (Å²) in [7, 11) is 1.94. The molecule has 0 aliphatic rings. The molecule has 2 rings (SSSR count). The number of nitrogens with one attached hydrogen (secondary N) is 1. The molecule has 1 heterocycles. The van der Waals surface area contributed by atoms with E-state index in [1.165, 1.54) is 5.56 Å². The van der Waals surface area contributed by atoms with Crippen molar-refractivity contribution >= 4 is 5.69 Å². The number of nitrogens with zero attached hydrogens (tertiary/aromatic N) is 2. The van der Waals surface area contributed by atoms with Gasteiger partial charge in [-0.25, -0.2) is 0 Å². The first-order valence-electron chi connectivity index (χ1n) is 6.53. The largest absolute Gasteiger partial charge is 0.508 e. The second-order valence-corrected chi connectivity index (χ2v) is 5.22. The van der Waals surface area contributed by atoms with E-state index in [-0.39, 0.29) is 0 Å². The second kappa shape index (κ2) is 5.34. The van der Waals surface area contributed by atoms with E-state index < -0.39 is 0 Å². The highest BCUT2D eigenvalue weighted by molar-refractivity contribution is 5.51. The molecule has 0 bridgehead atoms. The van der Waals surface area contributed by atoms with Gasteiger partial charge in [0.05, 0.1) is 5.69 Å². The lowest BCUT2D eigenvalue weighted by Crippen LogP contribution is -2.02. The van der Waals surface area contributed by atoms with Crippen molar-refractivity contribution in [3.05, 3.63) is 41.2 Å². The van der Waals surface area contributed by atoms with E-state index >= 15 is 0 Å². The molecule has 0 aliphatic heterocycles. The van der Waals surface area contributed by atoms with E-state index in [1.807, 2.05) is 37.0 Å². The van der Waals surface area contributed by atoms with Crippen LogP contribution in [0.15, 0.2) is 24.4 Å². The number of phenols is 1. The van der Waals surface area contributed by atoms with Crippen molar-refractivity contribution in [2.24, 2.45) is 7.05 Å². The van der Waals surface area contributed by atoms with Gasteiger partial charge >= 0.3 is 0 Å². The van der Waals surface area contributed by atoms with Gasteiger partial charge < -0.3 is 10.4 Å². The van der Waals surface area contributed by atoms with Gasteiger partial charge in [-0.2, -0.15) is 5.10 Å². The molecule has 4 heteroatoms. The number of anilines is 1. The molecule has 0 fully saturated rings. The number of aryl methyl sites for hydroxylation is 2. The maximum atomic E-state index is 9.69. The summed E-state index contributed by atoms with van der Waals surface area (Å²) in [5.41, 5.74) is 4.11. The summed E-state index contributed by atoms with van der Waals surface area (Å²) in [4.78, 5) is 0. The fourth-order valence-electron chi connectivity index (χ4n) is 2.09. The van der Waals surface area contributed by atoms with E-state index in [0.29, 0.717) is 18.2 Å². The highest BCUT2D eigenvalue weighted by Crippen LogP contribution is 2.22. The molecule has 0 amide bonds. The number of aromatic nitrogens is 2. The lowest BCUT2D eigenvalue weighted by molar-refractivity contribution is 0.471. The van der Waals surface area contributed by atoms with Gasteiger partial charge in [-0.1, -0.05) is 19.9 Å². The monoisotopic (exact) mass is 259 g/mol. The lowest BCUT2D eigenvalue weighted by atomic mass is 10.1. The van der Waals surface area contributed by atoms with E-state index in [2.05, 4.69) is 24.3 Å². The molecule has 2 aromatic rings. The fraction of sp³-hybridized carbons (Fsp3) is 0.400. The molecule has 19 heavy (non-hydrogen) atoms. The smallest absolute Gasteiger partial charge is 0.120 e. The zero-order valence-electron chi connectivity index (χ0n) is 11.9. The van der Waals surface area contributed by atoms with Crippen molar-refractivity contribution in [3.63, 3.8) is 0 Å². The van der Waals surface area contributed by atoms with Gasteiger partial charge in [0.2, 0.25) is 0 Å². The highest BCUT2D eigenvalue weighted by atomic mass is 16.3. The third-order valence-electron chi connectivity index (χ3n) is 3.18. The van der Waals surface area contributed by atoms with Crippen LogP contribution in [0.25, 0.3) is 0 Å². The molecule has 0 saturated carbocycles. The molecule has 2 N–H and O–H groups in total. The van der Waals surface area contributed by atoms with Crippen LogP contribution in [0, 0.1) is 6.92 Å². The predicted molar refractivity (Wildman–Crippen MR) is 77.5 cm³/mol. The van der Waals surface area contributed by atoms with E-state index in [4.69, 9.17) is 0 Å². The number of aromatic hydroxyl groups is 1. The predicted octanol–water partition coefficient (Wildman–Crippen LogP) is 3.17. The first kappa shape index (κ1) is 13.5. The number of phenolic OH excluding ortho intramolecular Hbond substituents is 1. The summed E-state index contributed by atoms with van der Waals surface area (Å²) in [5.74, 6) is 0.727. The Bertz CT molecular complexity index is 573. The molecule has 0 unspecified atom stereocenters. The molecule has 0 atom stereocenters. The van der Waals surface area contributed by atoms with E-state index in [1.54, 1.807) is 6.07 Å². The van der Waals surface area contributed by atoms with Crippen LogP contribution in [-0.2, 0) is 13.6 Å². The summed E-state index contributed by atoms with van der Waals surface area (Å²) in [5, 5.41) is 17.5. The van der Waals surface area contributed by atoms with Crippen molar-refractivity contribution < 1.29 is 5.11 Å². The minimum absolute atomic E-state index is 0.320. The molecular weight excluding hydrogens is 238 g/mol. The molecule has 4 nitrogen and oxygen atoms in total. The Labute approximate surface area is 114 Å². The topological polar surface area (TPSA) is 50.1 Å². The summed E-state index contributed by atoms with van der Waals surface area (Å²) < 4.78 is 1.85. The Morgan fingerprint density at radius 3 is 2.74 bits per heavy atom. The van der Waals surface area contributed by atoms with Crippen LogP contribution < -0.4 is 5.32 Å². The van der Waals surface area contributed by atoms with Gasteiger partial charge in [-0.15, -0.1) is 0 Å². The number of rotatable bonds is 4. The van der Waals surface area contributed by atoms with Crippen LogP contribution in [-0.4, -0.2) is 14.9 Å². The van der Waals surface area contributed by atoms with Gasteiger partial charge in [0, 0.05) is 37.1 Å². The lowest BCUT2D eigenvalue weighted by Gasteiger charge is -2.09. The summed E-state index contributed by atoms with van der Waals surface area (Å²) >= 11 is 0. The standard InChI is InChI=1S/C15H21N3O/c1-10(2)15-12(9-18(4)17-15)8-16-13-6-5-11(3)14(19)7-13/h5-7,9-10,16,19H,8H2,1-4H3. The highest BCUT2D eigenvalue weighted by Gasteiger charge is 2.11. The van der Waals surface area contributed by atoms with Crippen LogP contribution in [0.1, 0.15) is 36.6 Å². The van der Waals surface area contributed by atoms with Gasteiger partial charge in [0.25, 0.3) is 0 Å². The first-order chi connectivity index (χ1) is 8.97. The molecule has 1 aromatic carbocycles. The Hall–Kier alpha value is -1.97. The number of benzene rings is 1. The SMILES string of the molecule is Cc1ccc(NCc2cn(C)nc2C(C)C)cc1O.